The lowest BCUT2D eigenvalue weighted by Gasteiger charge is -2.07. The molecule has 0 aromatic heterocycles. The Kier molecular flexibility index (Phi) is 6.55. The van der Waals surface area contributed by atoms with Crippen molar-refractivity contribution in [1.82, 2.24) is 0 Å². The van der Waals surface area contributed by atoms with Gasteiger partial charge in [0.05, 0.1) is 19.8 Å². The van der Waals surface area contributed by atoms with Gasteiger partial charge in [0.1, 0.15) is 23.0 Å². The second-order valence-electron chi connectivity index (χ2n) is 7.16. The van der Waals surface area contributed by atoms with Gasteiger partial charge in [0.15, 0.2) is 18.1 Å². The Bertz CT molecular complexity index is 1240. The van der Waals surface area contributed by atoms with Gasteiger partial charge in [-0.15, -0.1) is 0 Å². The van der Waals surface area contributed by atoms with E-state index in [0.717, 1.165) is 11.3 Å². The molecule has 0 atom stereocenters. The molecule has 3 aromatic carbocycles. The molecule has 0 saturated carbocycles. The van der Waals surface area contributed by atoms with Gasteiger partial charge in [-0.05, 0) is 48.5 Å². The van der Waals surface area contributed by atoms with Gasteiger partial charge in [0.2, 0.25) is 5.78 Å². The average molecular weight is 442 g/mol. The topological polar surface area (TPSA) is 71.1 Å². The van der Waals surface area contributed by atoms with E-state index in [1.165, 1.54) is 0 Å². The second kappa shape index (κ2) is 9.87. The number of ketones is 2. The maximum atomic E-state index is 12.6. The zero-order chi connectivity index (χ0) is 23.2. The van der Waals surface area contributed by atoms with E-state index in [9.17, 15) is 9.59 Å². The van der Waals surface area contributed by atoms with Crippen molar-refractivity contribution in [3.05, 3.63) is 101 Å². The van der Waals surface area contributed by atoms with Crippen molar-refractivity contribution in [3.8, 4) is 23.0 Å². The van der Waals surface area contributed by atoms with Gasteiger partial charge in [0.25, 0.3) is 0 Å². The molecule has 4 rings (SSSR count). The summed E-state index contributed by atoms with van der Waals surface area (Å²) < 4.78 is 21.8. The molecule has 0 spiro atoms. The largest absolute Gasteiger partial charge is 0.497 e. The van der Waals surface area contributed by atoms with Crippen LogP contribution in [0.1, 0.15) is 26.3 Å². The van der Waals surface area contributed by atoms with Crippen molar-refractivity contribution in [3.63, 3.8) is 0 Å². The molecule has 166 valence electrons. The number of methoxy groups -OCH3 is 2. The van der Waals surface area contributed by atoms with Crippen LogP contribution in [0, 0.1) is 0 Å². The summed E-state index contributed by atoms with van der Waals surface area (Å²) in [7, 11) is 3.17. The molecule has 0 radical (unpaired) electrons. The Labute approximate surface area is 191 Å². The summed E-state index contributed by atoms with van der Waals surface area (Å²) in [5, 5.41) is 0. The minimum absolute atomic E-state index is 0.136. The molecule has 0 amide bonds. The van der Waals surface area contributed by atoms with Crippen LogP contribution >= 0.6 is 0 Å². The van der Waals surface area contributed by atoms with Gasteiger partial charge in [-0.1, -0.05) is 30.4 Å². The lowest BCUT2D eigenvalue weighted by molar-refractivity contribution is 0.0920. The number of hydrogen-bond acceptors (Lipinski definition) is 6. The van der Waals surface area contributed by atoms with E-state index >= 15 is 0 Å². The summed E-state index contributed by atoms with van der Waals surface area (Å²) in [4.78, 5) is 25.0. The molecule has 0 fully saturated rings. The minimum Gasteiger partial charge on any atom is -0.497 e. The first kappa shape index (κ1) is 21.9. The fourth-order valence-corrected chi connectivity index (χ4v) is 3.32. The predicted molar refractivity (Wildman–Crippen MR) is 124 cm³/mol. The molecular weight excluding hydrogens is 420 g/mol. The highest BCUT2D eigenvalue weighted by molar-refractivity contribution is 6.12. The minimum atomic E-state index is -0.212. The van der Waals surface area contributed by atoms with Gasteiger partial charge < -0.3 is 18.9 Å². The first-order valence-corrected chi connectivity index (χ1v) is 10.3. The summed E-state index contributed by atoms with van der Waals surface area (Å²) in [6.07, 6.45) is 5.19. The summed E-state index contributed by atoms with van der Waals surface area (Å²) in [5.74, 6) is 2.07. The van der Waals surface area contributed by atoms with Crippen LogP contribution in [0.5, 0.6) is 23.0 Å². The third kappa shape index (κ3) is 4.96. The average Bonchev–Trinajstić information content (AvgIpc) is 3.17. The lowest BCUT2D eigenvalue weighted by Crippen LogP contribution is -2.11. The van der Waals surface area contributed by atoms with Crippen LogP contribution in [0.25, 0.3) is 6.08 Å². The highest BCUT2D eigenvalue weighted by Crippen LogP contribution is 2.34. The number of allylic oxidation sites excluding steroid dienone is 3. The third-order valence-electron chi connectivity index (χ3n) is 5.09. The third-order valence-corrected chi connectivity index (χ3v) is 5.09. The molecule has 1 heterocycles. The van der Waals surface area contributed by atoms with Crippen LogP contribution in [0.15, 0.2) is 84.6 Å². The smallest absolute Gasteiger partial charge is 0.231 e. The number of fused-ring (bicyclic) bond motifs is 1. The van der Waals surface area contributed by atoms with E-state index < -0.39 is 0 Å². The van der Waals surface area contributed by atoms with Crippen LogP contribution in [0.3, 0.4) is 0 Å². The molecule has 3 aromatic rings. The number of ether oxygens (including phenoxy) is 4. The van der Waals surface area contributed by atoms with Gasteiger partial charge in [-0.25, -0.2) is 0 Å². The highest BCUT2D eigenvalue weighted by atomic mass is 16.5. The van der Waals surface area contributed by atoms with E-state index in [1.807, 2.05) is 30.3 Å². The zero-order valence-electron chi connectivity index (χ0n) is 18.2. The molecule has 6 nitrogen and oxygen atoms in total. The Morgan fingerprint density at radius 3 is 2.45 bits per heavy atom. The number of rotatable bonds is 8. The summed E-state index contributed by atoms with van der Waals surface area (Å²) in [6.45, 7) is -0.136. The molecule has 0 aliphatic carbocycles. The molecule has 6 heteroatoms. The number of carbonyl (C=O) groups is 2. The number of Topliss-reactive ketones (excluding diaryl/α,β-unsaturated/α-hetero) is 2. The summed E-state index contributed by atoms with van der Waals surface area (Å²) >= 11 is 0. The predicted octanol–water partition coefficient (Wildman–Crippen LogP) is 5.14. The molecule has 0 bridgehead atoms. The fourth-order valence-electron chi connectivity index (χ4n) is 3.32. The first-order valence-electron chi connectivity index (χ1n) is 10.3. The SMILES string of the molecule is COc1ccc(C(=O)COc2ccc3c(c2)O/C(=C\C=C\c2ccccc2OC)C3=O)cc1. The van der Waals surface area contributed by atoms with Gasteiger partial charge >= 0.3 is 0 Å². The van der Waals surface area contributed by atoms with Crippen molar-refractivity contribution in [2.45, 2.75) is 0 Å². The van der Waals surface area contributed by atoms with Gasteiger partial charge in [-0.3, -0.25) is 9.59 Å². The van der Waals surface area contributed by atoms with Crippen LogP contribution in [0.4, 0.5) is 0 Å². The quantitative estimate of drug-likeness (QED) is 0.355. The normalized spacial score (nSPS) is 13.6. The van der Waals surface area contributed by atoms with E-state index in [4.69, 9.17) is 18.9 Å². The summed E-state index contributed by atoms with van der Waals surface area (Å²) in [6, 6.07) is 19.3. The van der Waals surface area contributed by atoms with E-state index in [0.29, 0.717) is 28.4 Å². The Morgan fingerprint density at radius 2 is 1.70 bits per heavy atom. The Hall–Kier alpha value is -4.32. The maximum Gasteiger partial charge on any atom is 0.231 e. The van der Waals surface area contributed by atoms with Crippen molar-refractivity contribution in [1.29, 1.82) is 0 Å². The Morgan fingerprint density at radius 1 is 0.939 bits per heavy atom. The van der Waals surface area contributed by atoms with Crippen molar-refractivity contribution >= 4 is 17.6 Å². The lowest BCUT2D eigenvalue weighted by atomic mass is 10.1. The van der Waals surface area contributed by atoms with Crippen LogP contribution in [-0.4, -0.2) is 32.4 Å². The number of benzene rings is 3. The monoisotopic (exact) mass is 442 g/mol. The molecule has 33 heavy (non-hydrogen) atoms. The summed E-state index contributed by atoms with van der Waals surface area (Å²) in [5.41, 5.74) is 1.85. The first-order chi connectivity index (χ1) is 16.1. The fraction of sp³-hybridized carbons (Fsp3) is 0.111. The molecular formula is C27H22O6. The van der Waals surface area contributed by atoms with Gasteiger partial charge in [0, 0.05) is 17.2 Å². The van der Waals surface area contributed by atoms with Gasteiger partial charge in [-0.2, -0.15) is 0 Å². The van der Waals surface area contributed by atoms with E-state index in [2.05, 4.69) is 0 Å². The zero-order valence-corrected chi connectivity index (χ0v) is 18.2. The second-order valence-corrected chi connectivity index (χ2v) is 7.16. The number of hydrogen-bond donors (Lipinski definition) is 0. The molecule has 0 unspecified atom stereocenters. The van der Waals surface area contributed by atoms with Crippen LogP contribution < -0.4 is 18.9 Å². The Balaban J connectivity index is 1.41. The van der Waals surface area contributed by atoms with E-state index in [1.54, 1.807) is 68.8 Å². The van der Waals surface area contributed by atoms with E-state index in [-0.39, 0.29) is 23.9 Å². The molecule has 0 saturated heterocycles. The number of carbonyl (C=O) groups excluding carboxylic acids is 2. The maximum absolute atomic E-state index is 12.6. The van der Waals surface area contributed by atoms with Crippen LogP contribution in [-0.2, 0) is 0 Å². The highest BCUT2D eigenvalue weighted by Gasteiger charge is 2.27. The van der Waals surface area contributed by atoms with Crippen molar-refractivity contribution in [2.24, 2.45) is 0 Å². The molecule has 0 N–H and O–H groups in total. The van der Waals surface area contributed by atoms with Crippen molar-refractivity contribution < 1.29 is 28.5 Å². The molecule has 1 aliphatic rings. The standard InChI is InChI=1S/C27H22O6/c1-30-20-12-10-18(11-13-20)23(28)17-32-21-14-15-22-26(16-21)33-25(27(22)29)9-5-7-19-6-3-4-8-24(19)31-2/h3-16H,17H2,1-2H3/b7-5+,25-9-. The van der Waals surface area contributed by atoms with Crippen LogP contribution in [0.2, 0.25) is 0 Å². The number of para-hydroxylation sites is 1. The molecule has 1 aliphatic heterocycles. The van der Waals surface area contributed by atoms with Crippen molar-refractivity contribution in [2.75, 3.05) is 20.8 Å².